The van der Waals surface area contributed by atoms with Crippen LogP contribution in [-0.2, 0) is 19.1 Å². The molecule has 0 aliphatic rings. The second kappa shape index (κ2) is 6.21. The van der Waals surface area contributed by atoms with E-state index in [1.54, 1.807) is 13.8 Å². The molecule has 4 heteroatoms. The van der Waals surface area contributed by atoms with Crippen molar-refractivity contribution in [1.82, 2.24) is 0 Å². The van der Waals surface area contributed by atoms with Crippen molar-refractivity contribution < 1.29 is 19.1 Å². The van der Waals surface area contributed by atoms with Crippen LogP contribution in [0.5, 0.6) is 0 Å². The van der Waals surface area contributed by atoms with Crippen LogP contribution in [0.4, 0.5) is 0 Å². The van der Waals surface area contributed by atoms with Crippen molar-refractivity contribution in [3.8, 4) is 0 Å². The lowest BCUT2D eigenvalue weighted by molar-refractivity contribution is -0.168. The molecule has 0 aromatic heterocycles. The van der Waals surface area contributed by atoms with Crippen molar-refractivity contribution in [2.45, 2.75) is 72.5 Å². The first-order chi connectivity index (χ1) is 7.91. The fourth-order valence-electron chi connectivity index (χ4n) is 1.44. The first-order valence-corrected chi connectivity index (χ1v) is 6.35. The third-order valence-electron chi connectivity index (χ3n) is 1.96. The van der Waals surface area contributed by atoms with E-state index in [0.29, 0.717) is 6.42 Å². The maximum Gasteiger partial charge on any atom is 0.310 e. The molecular formula is C14H26O4. The van der Waals surface area contributed by atoms with Gasteiger partial charge in [0.05, 0.1) is 6.42 Å². The van der Waals surface area contributed by atoms with Gasteiger partial charge in [-0.3, -0.25) is 9.59 Å². The summed E-state index contributed by atoms with van der Waals surface area (Å²) in [7, 11) is 0. The molecule has 0 saturated heterocycles. The third-order valence-corrected chi connectivity index (χ3v) is 1.96. The normalized spacial score (nSPS) is 12.4. The van der Waals surface area contributed by atoms with Crippen LogP contribution in [0.25, 0.3) is 0 Å². The number of carbonyl (C=O) groups is 2. The fraction of sp³-hybridized carbons (Fsp3) is 0.857. The first kappa shape index (κ1) is 16.9. The van der Waals surface area contributed by atoms with Crippen molar-refractivity contribution in [1.29, 1.82) is 0 Å². The Kier molecular flexibility index (Phi) is 5.84. The van der Waals surface area contributed by atoms with Crippen molar-refractivity contribution in [3.63, 3.8) is 0 Å². The van der Waals surface area contributed by atoms with Crippen molar-refractivity contribution >= 4 is 11.9 Å². The molecule has 106 valence electrons. The largest absolute Gasteiger partial charge is 0.460 e. The Hall–Kier alpha value is -1.06. The molecule has 0 saturated carbocycles. The number of ether oxygens (including phenoxy) is 2. The summed E-state index contributed by atoms with van der Waals surface area (Å²) >= 11 is 0. The molecule has 4 nitrogen and oxygen atoms in total. The molecule has 0 rings (SSSR count). The van der Waals surface area contributed by atoms with E-state index in [0.717, 1.165) is 0 Å². The molecule has 0 radical (unpaired) electrons. The summed E-state index contributed by atoms with van der Waals surface area (Å²) in [5.41, 5.74) is -1.34. The van der Waals surface area contributed by atoms with Crippen LogP contribution in [0.2, 0.25) is 0 Å². The van der Waals surface area contributed by atoms with Gasteiger partial charge in [-0.1, -0.05) is 13.8 Å². The lowest BCUT2D eigenvalue weighted by Gasteiger charge is -2.27. The zero-order valence-corrected chi connectivity index (χ0v) is 12.6. The molecule has 0 atom stereocenters. The van der Waals surface area contributed by atoms with Crippen LogP contribution in [0.1, 0.15) is 61.3 Å². The van der Waals surface area contributed by atoms with Crippen LogP contribution in [0, 0.1) is 5.92 Å². The summed E-state index contributed by atoms with van der Waals surface area (Å²) in [5.74, 6) is -0.391. The average molecular weight is 258 g/mol. The summed E-state index contributed by atoms with van der Waals surface area (Å²) in [4.78, 5) is 23.2. The molecule has 0 heterocycles. The van der Waals surface area contributed by atoms with Gasteiger partial charge in [0.15, 0.2) is 0 Å². The maximum atomic E-state index is 11.7. The van der Waals surface area contributed by atoms with Crippen LogP contribution >= 0.6 is 0 Å². The molecule has 0 unspecified atom stereocenters. The van der Waals surface area contributed by atoms with Crippen LogP contribution in [-0.4, -0.2) is 23.1 Å². The molecule has 0 amide bonds. The molecule has 0 bridgehead atoms. The van der Waals surface area contributed by atoms with Gasteiger partial charge in [0.25, 0.3) is 0 Å². The molecule has 0 aliphatic heterocycles. The summed E-state index contributed by atoms with van der Waals surface area (Å²) in [6.07, 6.45) is 0.422. The van der Waals surface area contributed by atoms with Gasteiger partial charge in [-0.25, -0.2) is 0 Å². The van der Waals surface area contributed by atoms with Gasteiger partial charge in [0, 0.05) is 6.42 Å². The highest BCUT2D eigenvalue weighted by molar-refractivity contribution is 5.73. The number of hydrogen-bond acceptors (Lipinski definition) is 4. The Balaban J connectivity index is 4.30. The highest BCUT2D eigenvalue weighted by Crippen LogP contribution is 2.19. The minimum atomic E-state index is -0.825. The van der Waals surface area contributed by atoms with E-state index in [1.165, 1.54) is 0 Å². The molecule has 0 fully saturated rings. The molecule has 0 aliphatic carbocycles. The monoisotopic (exact) mass is 258 g/mol. The van der Waals surface area contributed by atoms with Gasteiger partial charge in [0.1, 0.15) is 11.2 Å². The highest BCUT2D eigenvalue weighted by Gasteiger charge is 2.29. The Morgan fingerprint density at radius 1 is 0.944 bits per heavy atom. The van der Waals surface area contributed by atoms with Gasteiger partial charge in [-0.05, 0) is 40.5 Å². The van der Waals surface area contributed by atoms with E-state index in [4.69, 9.17) is 9.47 Å². The summed E-state index contributed by atoms with van der Waals surface area (Å²) in [5, 5.41) is 0. The second-order valence-electron chi connectivity index (χ2n) is 6.59. The molecule has 0 aromatic rings. The third kappa shape index (κ3) is 9.02. The lowest BCUT2D eigenvalue weighted by Crippen LogP contribution is -2.34. The minimum Gasteiger partial charge on any atom is -0.460 e. The van der Waals surface area contributed by atoms with E-state index in [1.807, 2.05) is 34.6 Å². The van der Waals surface area contributed by atoms with E-state index >= 15 is 0 Å². The summed E-state index contributed by atoms with van der Waals surface area (Å²) in [6, 6.07) is 0. The maximum absolute atomic E-state index is 11.7. The Morgan fingerprint density at radius 2 is 1.44 bits per heavy atom. The quantitative estimate of drug-likeness (QED) is 0.711. The SMILES string of the molecule is CC(C)CC(=O)OC(C)(C)CC(=O)OC(C)(C)C. The number of hydrogen-bond donors (Lipinski definition) is 0. The number of carbonyl (C=O) groups excluding carboxylic acids is 2. The molecular weight excluding hydrogens is 232 g/mol. The first-order valence-electron chi connectivity index (χ1n) is 6.35. The topological polar surface area (TPSA) is 52.6 Å². The summed E-state index contributed by atoms with van der Waals surface area (Å²) < 4.78 is 10.5. The van der Waals surface area contributed by atoms with Gasteiger partial charge < -0.3 is 9.47 Å². The molecule has 0 aromatic carbocycles. The zero-order valence-electron chi connectivity index (χ0n) is 12.6. The Bertz CT molecular complexity index is 297. The number of esters is 2. The summed E-state index contributed by atoms with van der Waals surface area (Å²) in [6.45, 7) is 12.8. The average Bonchev–Trinajstić information content (AvgIpc) is 1.92. The zero-order chi connectivity index (χ0) is 14.6. The molecule has 0 spiro atoms. The molecule has 18 heavy (non-hydrogen) atoms. The van der Waals surface area contributed by atoms with Crippen molar-refractivity contribution in [3.05, 3.63) is 0 Å². The van der Waals surface area contributed by atoms with E-state index in [9.17, 15) is 9.59 Å². The van der Waals surface area contributed by atoms with Crippen LogP contribution in [0.3, 0.4) is 0 Å². The highest BCUT2D eigenvalue weighted by atomic mass is 16.6. The second-order valence-corrected chi connectivity index (χ2v) is 6.59. The van der Waals surface area contributed by atoms with Gasteiger partial charge in [-0.15, -0.1) is 0 Å². The minimum absolute atomic E-state index is 0.0636. The van der Waals surface area contributed by atoms with Gasteiger partial charge >= 0.3 is 11.9 Å². The standard InChI is InChI=1S/C14H26O4/c1-10(2)8-11(15)18-14(6,7)9-12(16)17-13(3,4)5/h10H,8-9H2,1-7H3. The van der Waals surface area contributed by atoms with Crippen LogP contribution in [0.15, 0.2) is 0 Å². The van der Waals surface area contributed by atoms with Crippen molar-refractivity contribution in [2.75, 3.05) is 0 Å². The predicted molar refractivity (Wildman–Crippen MR) is 70.1 cm³/mol. The predicted octanol–water partition coefficient (Wildman–Crippen LogP) is 3.09. The van der Waals surface area contributed by atoms with Gasteiger partial charge in [-0.2, -0.15) is 0 Å². The lowest BCUT2D eigenvalue weighted by atomic mass is 10.0. The van der Waals surface area contributed by atoms with Crippen molar-refractivity contribution in [2.24, 2.45) is 5.92 Å². The Labute approximate surface area is 110 Å². The Morgan fingerprint density at radius 3 is 1.83 bits per heavy atom. The molecule has 0 N–H and O–H groups in total. The van der Waals surface area contributed by atoms with E-state index < -0.39 is 11.2 Å². The number of rotatable bonds is 5. The van der Waals surface area contributed by atoms with E-state index in [2.05, 4.69) is 0 Å². The van der Waals surface area contributed by atoms with E-state index in [-0.39, 0.29) is 24.3 Å². The van der Waals surface area contributed by atoms with Crippen LogP contribution < -0.4 is 0 Å². The fourth-order valence-corrected chi connectivity index (χ4v) is 1.44. The van der Waals surface area contributed by atoms with Gasteiger partial charge in [0.2, 0.25) is 0 Å². The smallest absolute Gasteiger partial charge is 0.310 e.